The highest BCUT2D eigenvalue weighted by molar-refractivity contribution is 5.88. The molecular formula is C62H59N5. The molecule has 2 aliphatic heterocycles. The minimum absolute atomic E-state index is 0.00905. The topological polar surface area (TPSA) is 45.2 Å². The van der Waals surface area contributed by atoms with E-state index in [2.05, 4.69) is 175 Å². The predicted molar refractivity (Wildman–Crippen MR) is 269 cm³/mol. The molecule has 0 radical (unpaired) electrons. The number of aromatic nitrogens is 3. The van der Waals surface area contributed by atoms with Crippen molar-refractivity contribution in [3.05, 3.63) is 185 Å². The molecule has 7 aromatic rings. The molecular weight excluding hydrogens is 815 g/mol. The molecule has 67 heavy (non-hydrogen) atoms. The van der Waals surface area contributed by atoms with E-state index in [9.17, 15) is 0 Å². The second-order valence-corrected chi connectivity index (χ2v) is 22.9. The van der Waals surface area contributed by atoms with E-state index in [0.717, 1.165) is 29.2 Å². The Labute approximate surface area is 395 Å². The van der Waals surface area contributed by atoms with Crippen LogP contribution in [-0.2, 0) is 16.2 Å². The van der Waals surface area contributed by atoms with Crippen LogP contribution in [0.4, 0.5) is 34.6 Å². The van der Waals surface area contributed by atoms with Crippen molar-refractivity contribution in [2.24, 2.45) is 47.3 Å². The van der Waals surface area contributed by atoms with Crippen LogP contribution in [0.1, 0.15) is 111 Å². The summed E-state index contributed by atoms with van der Waals surface area (Å²) >= 11 is 0. The van der Waals surface area contributed by atoms with Gasteiger partial charge in [-0.2, -0.15) is 15.0 Å². The van der Waals surface area contributed by atoms with Crippen molar-refractivity contribution < 1.29 is 0 Å². The summed E-state index contributed by atoms with van der Waals surface area (Å²) in [6.07, 6.45) is 13.6. The molecule has 8 bridgehead atoms. The lowest BCUT2D eigenvalue weighted by atomic mass is 9.41. The third-order valence-corrected chi connectivity index (χ3v) is 19.6. The molecule has 0 N–H and O–H groups in total. The van der Waals surface area contributed by atoms with Gasteiger partial charge >= 0.3 is 0 Å². The van der Waals surface area contributed by atoms with E-state index in [1.807, 2.05) is 0 Å². The second kappa shape index (κ2) is 14.0. The number of fused-ring (bicyclic) bond motifs is 4. The number of nitrogens with zero attached hydrogens (tertiary/aromatic N) is 5. The van der Waals surface area contributed by atoms with Crippen LogP contribution >= 0.6 is 0 Å². The summed E-state index contributed by atoms with van der Waals surface area (Å²) in [4.78, 5) is 22.0. The van der Waals surface area contributed by atoms with Crippen molar-refractivity contribution >= 4 is 34.6 Å². The molecule has 332 valence electrons. The first-order chi connectivity index (χ1) is 32.9. The molecule has 17 rings (SSSR count). The molecule has 10 aliphatic rings. The van der Waals surface area contributed by atoms with Crippen LogP contribution in [0.5, 0.6) is 0 Å². The quantitative estimate of drug-likeness (QED) is 0.172. The molecule has 0 amide bonds. The van der Waals surface area contributed by atoms with Gasteiger partial charge in [0.15, 0.2) is 5.82 Å². The molecule has 5 nitrogen and oxygen atoms in total. The maximum Gasteiger partial charge on any atom is 0.240 e. The van der Waals surface area contributed by atoms with E-state index in [0.29, 0.717) is 41.4 Å². The van der Waals surface area contributed by atoms with Crippen molar-refractivity contribution in [2.75, 3.05) is 9.80 Å². The minimum atomic E-state index is -0.231. The van der Waals surface area contributed by atoms with Gasteiger partial charge in [-0.1, -0.05) is 135 Å². The lowest BCUT2D eigenvalue weighted by Crippen LogP contribution is -2.57. The summed E-state index contributed by atoms with van der Waals surface area (Å²) in [5.74, 6) is 8.11. The maximum atomic E-state index is 5.80. The molecule has 3 heterocycles. The molecule has 2 spiro atoms. The van der Waals surface area contributed by atoms with E-state index in [-0.39, 0.29) is 16.2 Å². The summed E-state index contributed by atoms with van der Waals surface area (Å²) in [5, 5.41) is 0. The molecule has 8 aliphatic carbocycles. The number of hydrogen-bond donors (Lipinski definition) is 0. The molecule has 0 saturated heterocycles. The van der Waals surface area contributed by atoms with E-state index < -0.39 is 0 Å². The Balaban J connectivity index is 0.963. The van der Waals surface area contributed by atoms with E-state index >= 15 is 0 Å². The minimum Gasteiger partial charge on any atom is -0.278 e. The summed E-state index contributed by atoms with van der Waals surface area (Å²) in [7, 11) is 0. The van der Waals surface area contributed by atoms with Crippen LogP contribution in [0.25, 0.3) is 11.4 Å². The van der Waals surface area contributed by atoms with Gasteiger partial charge in [0.05, 0.1) is 22.7 Å². The van der Waals surface area contributed by atoms with Crippen LogP contribution in [-0.4, -0.2) is 15.0 Å². The van der Waals surface area contributed by atoms with Gasteiger partial charge in [0, 0.05) is 21.8 Å². The second-order valence-electron chi connectivity index (χ2n) is 22.9. The zero-order valence-corrected chi connectivity index (χ0v) is 38.9. The fraction of sp³-hybridized carbons (Fsp3) is 0.371. The normalized spacial score (nSPS) is 28.3. The van der Waals surface area contributed by atoms with Gasteiger partial charge in [-0.25, -0.2) is 0 Å². The maximum absolute atomic E-state index is 5.80. The van der Waals surface area contributed by atoms with Crippen molar-refractivity contribution in [1.29, 1.82) is 0 Å². The lowest BCUT2D eigenvalue weighted by Gasteiger charge is -2.64. The van der Waals surface area contributed by atoms with Crippen LogP contribution in [0.3, 0.4) is 0 Å². The summed E-state index contributed by atoms with van der Waals surface area (Å²) in [6.45, 7) is 4.66. The number of para-hydroxylation sites is 4. The predicted octanol–water partition coefficient (Wildman–Crippen LogP) is 14.9. The SMILES string of the molecule is CC(C)(c1ccccc1)c1cccc(-c2nc(N3c4ccccc4C4(c5ccccc53)C3CC5CC(C3)CC4C5)nc(N3c4ccccc4C4(c5ccccc53)C3CC5CC(C3)CC4C5)n2)c1. The Morgan fingerprint density at radius 3 is 1.15 bits per heavy atom. The Morgan fingerprint density at radius 1 is 0.388 bits per heavy atom. The summed E-state index contributed by atoms with van der Waals surface area (Å²) in [6, 6.07) is 57.4. The average molecular weight is 874 g/mol. The average Bonchev–Trinajstić information content (AvgIpc) is 3.36. The highest BCUT2D eigenvalue weighted by atomic mass is 15.4. The molecule has 6 aromatic carbocycles. The molecule has 0 unspecified atom stereocenters. The molecule has 5 heteroatoms. The van der Waals surface area contributed by atoms with Crippen molar-refractivity contribution in [3.63, 3.8) is 0 Å². The smallest absolute Gasteiger partial charge is 0.240 e. The number of anilines is 6. The van der Waals surface area contributed by atoms with Crippen LogP contribution in [0.2, 0.25) is 0 Å². The third kappa shape index (κ3) is 5.24. The van der Waals surface area contributed by atoms with Gasteiger partial charge in [-0.15, -0.1) is 0 Å². The van der Waals surface area contributed by atoms with Crippen molar-refractivity contribution in [2.45, 2.75) is 94.3 Å². The van der Waals surface area contributed by atoms with Crippen LogP contribution in [0, 0.1) is 47.3 Å². The van der Waals surface area contributed by atoms with Gasteiger partial charge < -0.3 is 0 Å². The van der Waals surface area contributed by atoms with Crippen LogP contribution < -0.4 is 9.80 Å². The fourth-order valence-corrected chi connectivity index (χ4v) is 17.4. The highest BCUT2D eigenvalue weighted by Crippen LogP contribution is 2.71. The van der Waals surface area contributed by atoms with Crippen molar-refractivity contribution in [3.8, 4) is 11.4 Å². The number of rotatable bonds is 5. The Hall–Kier alpha value is -6.07. The lowest BCUT2D eigenvalue weighted by molar-refractivity contribution is -0.0419. The largest absolute Gasteiger partial charge is 0.278 e. The van der Waals surface area contributed by atoms with Gasteiger partial charge in [0.1, 0.15) is 0 Å². The van der Waals surface area contributed by atoms with Crippen LogP contribution in [0.15, 0.2) is 152 Å². The standard InChI is InChI=1S/C62H59N5/c1-60(2,43-16-4-3-5-17-43)44-18-14-15-42(37-44)57-63-58(66-53-23-10-6-19-49(53)61(50-20-7-11-24-54(50)66)45-29-38-27-39(31-45)32-46(61)30-38)65-59(64-57)67-55-25-12-8-21-51(55)62(52-22-9-13-26-56(52)67)47-33-40-28-41(35-47)36-48(62)34-40/h3-26,37-41,45-48H,27-36H2,1-2H3. The van der Waals surface area contributed by atoms with Gasteiger partial charge in [-0.05, 0) is 175 Å². The molecule has 0 atom stereocenters. The summed E-state index contributed by atoms with van der Waals surface area (Å²) < 4.78 is 0. The number of hydrogen-bond acceptors (Lipinski definition) is 5. The van der Waals surface area contributed by atoms with E-state index in [4.69, 9.17) is 15.0 Å². The van der Waals surface area contributed by atoms with Crippen molar-refractivity contribution in [1.82, 2.24) is 15.0 Å². The Morgan fingerprint density at radius 2 is 0.746 bits per heavy atom. The zero-order chi connectivity index (χ0) is 44.2. The molecule has 8 fully saturated rings. The Bertz CT molecular complexity index is 2820. The van der Waals surface area contributed by atoms with E-state index in [1.165, 1.54) is 120 Å². The summed E-state index contributed by atoms with van der Waals surface area (Å²) in [5.41, 5.74) is 14.0. The zero-order valence-electron chi connectivity index (χ0n) is 38.9. The van der Waals surface area contributed by atoms with Gasteiger partial charge in [0.25, 0.3) is 0 Å². The third-order valence-electron chi connectivity index (χ3n) is 19.6. The molecule has 1 aromatic heterocycles. The Kier molecular flexibility index (Phi) is 8.14. The first-order valence-corrected chi connectivity index (χ1v) is 25.8. The fourth-order valence-electron chi connectivity index (χ4n) is 17.4. The first kappa shape index (κ1) is 39.0. The monoisotopic (exact) mass is 873 g/mol. The van der Waals surface area contributed by atoms with Gasteiger partial charge in [0.2, 0.25) is 11.9 Å². The first-order valence-electron chi connectivity index (χ1n) is 25.8. The highest BCUT2D eigenvalue weighted by Gasteiger charge is 2.63. The molecule has 8 saturated carbocycles. The van der Waals surface area contributed by atoms with E-state index in [1.54, 1.807) is 0 Å². The van der Waals surface area contributed by atoms with Gasteiger partial charge in [-0.3, -0.25) is 9.80 Å². The number of benzene rings is 6.